The molecule has 0 aliphatic carbocycles. The molecule has 5 rings (SSSR count). The van der Waals surface area contributed by atoms with Crippen molar-refractivity contribution in [3.63, 3.8) is 0 Å². The first-order valence-electron chi connectivity index (χ1n) is 11.7. The standard InChI is InChI=1S/C28H23FN2O5S/c1-4-6-12-35-25-16-22-24(15-21(25)18-8-7-9-19(14-18)36-37(29,33)34)31(3)28-26(27(22)32)20-11-10-17(5-2)13-23(20)30-28/h2,7-11,13-16,30H,4,6,12H2,1,3H3. The Kier molecular flexibility index (Phi) is 6.13. The van der Waals surface area contributed by atoms with Gasteiger partial charge in [0.05, 0.1) is 22.9 Å². The quantitative estimate of drug-likeness (QED) is 0.172. The lowest BCUT2D eigenvalue weighted by atomic mass is 10.0. The molecular formula is C28H23FN2O5S. The number of hydrogen-bond acceptors (Lipinski definition) is 5. The highest BCUT2D eigenvalue weighted by Gasteiger charge is 2.19. The van der Waals surface area contributed by atoms with E-state index in [0.29, 0.717) is 51.0 Å². The van der Waals surface area contributed by atoms with E-state index in [-0.39, 0.29) is 11.2 Å². The zero-order valence-corrected chi connectivity index (χ0v) is 21.0. The first-order chi connectivity index (χ1) is 17.7. The number of aromatic nitrogens is 2. The number of nitrogens with one attached hydrogen (secondary N) is 1. The van der Waals surface area contributed by atoms with Gasteiger partial charge in [-0.3, -0.25) is 4.79 Å². The summed E-state index contributed by atoms with van der Waals surface area (Å²) in [5.74, 6) is 2.88. The van der Waals surface area contributed by atoms with Crippen LogP contribution in [-0.2, 0) is 17.6 Å². The Morgan fingerprint density at radius 1 is 1.11 bits per heavy atom. The van der Waals surface area contributed by atoms with Crippen LogP contribution in [-0.4, -0.2) is 24.6 Å². The van der Waals surface area contributed by atoms with Crippen molar-refractivity contribution in [2.24, 2.45) is 7.05 Å². The van der Waals surface area contributed by atoms with Gasteiger partial charge >= 0.3 is 10.5 Å². The van der Waals surface area contributed by atoms with Crippen LogP contribution in [0, 0.1) is 12.3 Å². The third-order valence-electron chi connectivity index (χ3n) is 6.31. The van der Waals surface area contributed by atoms with E-state index in [1.165, 1.54) is 12.1 Å². The van der Waals surface area contributed by atoms with E-state index in [9.17, 15) is 17.1 Å². The third kappa shape index (κ3) is 4.52. The van der Waals surface area contributed by atoms with Gasteiger partial charge < -0.3 is 18.5 Å². The second-order valence-corrected chi connectivity index (χ2v) is 9.67. The summed E-state index contributed by atoms with van der Waals surface area (Å²) in [5.41, 5.74) is 3.70. The van der Waals surface area contributed by atoms with Crippen LogP contribution in [0.2, 0.25) is 0 Å². The fourth-order valence-electron chi connectivity index (χ4n) is 4.54. The third-order valence-corrected chi connectivity index (χ3v) is 6.70. The Balaban J connectivity index is 1.79. The molecule has 0 fully saturated rings. The van der Waals surface area contributed by atoms with E-state index in [4.69, 9.17) is 11.2 Å². The number of pyridine rings is 1. The zero-order valence-electron chi connectivity index (χ0n) is 20.2. The van der Waals surface area contributed by atoms with Crippen molar-refractivity contribution in [1.82, 2.24) is 9.55 Å². The molecule has 37 heavy (non-hydrogen) atoms. The topological polar surface area (TPSA) is 90.4 Å². The Morgan fingerprint density at radius 3 is 2.65 bits per heavy atom. The van der Waals surface area contributed by atoms with Crippen LogP contribution in [0.1, 0.15) is 25.3 Å². The van der Waals surface area contributed by atoms with Crippen molar-refractivity contribution >= 4 is 43.3 Å². The van der Waals surface area contributed by atoms with Gasteiger partial charge in [-0.25, -0.2) is 0 Å². The van der Waals surface area contributed by atoms with Gasteiger partial charge in [-0.2, -0.15) is 8.42 Å². The fraction of sp³-hybridized carbons (Fsp3) is 0.179. The Hall–Kier alpha value is -4.29. The van der Waals surface area contributed by atoms with Crippen molar-refractivity contribution in [3.8, 4) is 35.0 Å². The highest BCUT2D eigenvalue weighted by atomic mass is 32.3. The van der Waals surface area contributed by atoms with E-state index in [1.807, 2.05) is 30.7 Å². The van der Waals surface area contributed by atoms with Crippen LogP contribution >= 0.6 is 0 Å². The summed E-state index contributed by atoms with van der Waals surface area (Å²) >= 11 is 0. The van der Waals surface area contributed by atoms with E-state index < -0.39 is 10.5 Å². The minimum Gasteiger partial charge on any atom is -0.493 e. The number of benzene rings is 3. The maximum absolute atomic E-state index is 13.8. The summed E-state index contributed by atoms with van der Waals surface area (Å²) in [6, 6.07) is 15.0. The molecule has 0 bridgehead atoms. The molecule has 3 aromatic carbocycles. The van der Waals surface area contributed by atoms with Gasteiger partial charge in [0.2, 0.25) is 0 Å². The molecule has 0 aliphatic heterocycles. The number of rotatable bonds is 7. The number of nitrogens with zero attached hydrogens (tertiary/aromatic N) is 1. The number of aryl methyl sites for hydroxylation is 1. The Labute approximate surface area is 212 Å². The number of unbranched alkanes of at least 4 members (excludes halogenated alkanes) is 1. The molecule has 0 saturated carbocycles. The molecule has 0 spiro atoms. The van der Waals surface area contributed by atoms with Crippen LogP contribution in [0.15, 0.2) is 59.4 Å². The van der Waals surface area contributed by atoms with E-state index >= 15 is 0 Å². The zero-order chi connectivity index (χ0) is 26.3. The lowest BCUT2D eigenvalue weighted by Crippen LogP contribution is -2.10. The summed E-state index contributed by atoms with van der Waals surface area (Å²) in [7, 11) is -3.34. The Morgan fingerprint density at radius 2 is 1.92 bits per heavy atom. The molecule has 188 valence electrons. The highest BCUT2D eigenvalue weighted by Crippen LogP contribution is 2.37. The monoisotopic (exact) mass is 518 g/mol. The summed E-state index contributed by atoms with van der Waals surface area (Å²) in [5, 5.41) is 1.78. The molecule has 0 amide bonds. The Bertz CT molecular complexity index is 1900. The number of terminal acetylenes is 1. The van der Waals surface area contributed by atoms with Crippen LogP contribution in [0.5, 0.6) is 11.5 Å². The SMILES string of the molecule is C#Cc1ccc2c(c1)[nH]c1c2c(=O)c2cc(OCCCC)c(-c3cccc(OS(=O)(=O)F)c3)cc2n1C. The van der Waals surface area contributed by atoms with Crippen molar-refractivity contribution in [3.05, 3.63) is 70.4 Å². The summed E-state index contributed by atoms with van der Waals surface area (Å²) in [6.07, 6.45) is 7.27. The van der Waals surface area contributed by atoms with E-state index in [0.717, 1.165) is 23.7 Å². The maximum Gasteiger partial charge on any atom is 0.488 e. The second-order valence-electron chi connectivity index (χ2n) is 8.71. The molecule has 5 aromatic rings. The molecule has 0 unspecified atom stereocenters. The molecule has 0 aliphatic rings. The largest absolute Gasteiger partial charge is 0.493 e. The average Bonchev–Trinajstić information content (AvgIpc) is 3.25. The minimum absolute atomic E-state index is 0.157. The molecular weight excluding hydrogens is 495 g/mol. The van der Waals surface area contributed by atoms with Gasteiger partial charge in [0.15, 0.2) is 5.43 Å². The summed E-state index contributed by atoms with van der Waals surface area (Å²) in [4.78, 5) is 17.1. The molecule has 9 heteroatoms. The first-order valence-corrected chi connectivity index (χ1v) is 13.0. The van der Waals surface area contributed by atoms with Crippen LogP contribution in [0.25, 0.3) is 44.0 Å². The van der Waals surface area contributed by atoms with Gasteiger partial charge in [-0.1, -0.05) is 41.3 Å². The number of ether oxygens (including phenoxy) is 1. The molecule has 2 heterocycles. The lowest BCUT2D eigenvalue weighted by molar-refractivity contribution is 0.311. The second kappa shape index (κ2) is 9.30. The number of fused-ring (bicyclic) bond motifs is 4. The first kappa shape index (κ1) is 24.4. The van der Waals surface area contributed by atoms with Gasteiger partial charge in [0, 0.05) is 29.1 Å². The van der Waals surface area contributed by atoms with Gasteiger partial charge in [-0.05, 0) is 48.4 Å². The molecule has 7 nitrogen and oxygen atoms in total. The highest BCUT2D eigenvalue weighted by molar-refractivity contribution is 7.81. The van der Waals surface area contributed by atoms with Gasteiger partial charge in [0.1, 0.15) is 17.1 Å². The van der Waals surface area contributed by atoms with E-state index in [1.54, 1.807) is 30.3 Å². The maximum atomic E-state index is 13.8. The smallest absolute Gasteiger partial charge is 0.488 e. The number of halogens is 1. The fourth-order valence-corrected chi connectivity index (χ4v) is 4.87. The predicted molar refractivity (Wildman–Crippen MR) is 143 cm³/mol. The molecule has 0 atom stereocenters. The molecule has 0 saturated heterocycles. The van der Waals surface area contributed by atoms with Crippen molar-refractivity contribution < 1.29 is 21.2 Å². The molecule has 2 aromatic heterocycles. The van der Waals surface area contributed by atoms with E-state index in [2.05, 4.69) is 15.1 Å². The number of H-pyrrole nitrogens is 1. The van der Waals surface area contributed by atoms with Gasteiger partial charge in [-0.15, -0.1) is 6.42 Å². The van der Waals surface area contributed by atoms with Gasteiger partial charge in [0.25, 0.3) is 0 Å². The van der Waals surface area contributed by atoms with Crippen molar-refractivity contribution in [1.29, 1.82) is 0 Å². The predicted octanol–water partition coefficient (Wildman–Crippen LogP) is 5.59. The van der Waals surface area contributed by atoms with Crippen molar-refractivity contribution in [2.75, 3.05) is 6.61 Å². The lowest BCUT2D eigenvalue weighted by Gasteiger charge is -2.16. The number of hydrogen-bond donors (Lipinski definition) is 1. The summed E-state index contributed by atoms with van der Waals surface area (Å²) in [6.45, 7) is 2.46. The molecule has 0 radical (unpaired) electrons. The van der Waals surface area contributed by atoms with Crippen LogP contribution in [0.3, 0.4) is 0 Å². The normalized spacial score (nSPS) is 11.7. The van der Waals surface area contributed by atoms with Crippen LogP contribution in [0.4, 0.5) is 3.89 Å². The van der Waals surface area contributed by atoms with Crippen LogP contribution < -0.4 is 14.3 Å². The van der Waals surface area contributed by atoms with Crippen molar-refractivity contribution in [2.45, 2.75) is 19.8 Å². The summed E-state index contributed by atoms with van der Waals surface area (Å²) < 4.78 is 47.6. The minimum atomic E-state index is -5.19. The number of aromatic amines is 1. The average molecular weight is 519 g/mol. The molecule has 1 N–H and O–H groups in total.